The molecule has 4 atom stereocenters. The Labute approximate surface area is 322 Å². The Morgan fingerprint density at radius 2 is 1.58 bits per heavy atom. The molecule has 288 valence electrons. The van der Waals surface area contributed by atoms with E-state index >= 15 is 0 Å². The highest BCUT2D eigenvalue weighted by Gasteiger charge is 2.51. The molecule has 11 nitrogen and oxygen atoms in total. The van der Waals surface area contributed by atoms with Crippen LogP contribution in [-0.2, 0) is 37.0 Å². The average molecular weight is 747 g/mol. The molecule has 1 spiro atoms. The number of aliphatic carboxylic acids is 1. The highest BCUT2D eigenvalue weighted by molar-refractivity contribution is 5.93. The van der Waals surface area contributed by atoms with E-state index in [1.807, 2.05) is 84.9 Å². The van der Waals surface area contributed by atoms with E-state index in [1.54, 1.807) is 0 Å². The molecule has 55 heavy (non-hydrogen) atoms. The summed E-state index contributed by atoms with van der Waals surface area (Å²) >= 11 is 0. The maximum absolute atomic E-state index is 13.3. The molecule has 3 fully saturated rings. The maximum atomic E-state index is 13.3. The summed E-state index contributed by atoms with van der Waals surface area (Å²) in [5, 5.41) is 24.6. The summed E-state index contributed by atoms with van der Waals surface area (Å²) in [6, 6.07) is 34.2. The number of nitrogens with one attached hydrogen (secondary N) is 2. The van der Waals surface area contributed by atoms with Gasteiger partial charge >= 0.3 is 5.97 Å². The van der Waals surface area contributed by atoms with Crippen LogP contribution in [0.2, 0.25) is 0 Å². The molecule has 4 N–H and O–H groups in total. The summed E-state index contributed by atoms with van der Waals surface area (Å²) in [4.78, 5) is 41.1. The standard InChI is InChI=1S/C44H50N4O7/c1-30-38(27-47-22-20-44(21-23-47)43(53)46-29-48(44)37-12-3-2-4-13-37)54-42(55-41(30)33-18-16-31(28-49)17-19-33)36-11-6-10-35(25-36)34-9-5-8-32(24-34)26-45-39(50)14-7-15-40(51)52/h2-6,8-13,16-19,24-25,30,38,41-42,49H,7,14-15,20-23,26-29H2,1H3,(H,45,50)(H,46,53)(H,51,52). The molecule has 0 radical (unpaired) electrons. The van der Waals surface area contributed by atoms with Gasteiger partial charge in [0.2, 0.25) is 11.8 Å². The Morgan fingerprint density at radius 3 is 2.31 bits per heavy atom. The molecule has 4 aromatic carbocycles. The quantitative estimate of drug-likeness (QED) is 0.131. The number of para-hydroxylation sites is 1. The van der Waals surface area contributed by atoms with E-state index in [2.05, 4.69) is 45.6 Å². The number of ether oxygens (including phenoxy) is 2. The molecule has 3 saturated heterocycles. The summed E-state index contributed by atoms with van der Waals surface area (Å²) < 4.78 is 13.7. The number of amides is 2. The minimum atomic E-state index is -0.907. The summed E-state index contributed by atoms with van der Waals surface area (Å²) in [5.74, 6) is -0.967. The third-order valence-corrected chi connectivity index (χ3v) is 11.4. The van der Waals surface area contributed by atoms with Crippen molar-refractivity contribution in [1.29, 1.82) is 0 Å². The van der Waals surface area contributed by atoms with Gasteiger partial charge in [-0.3, -0.25) is 14.4 Å². The zero-order valence-electron chi connectivity index (χ0n) is 31.2. The molecule has 0 aromatic heterocycles. The first-order valence-corrected chi connectivity index (χ1v) is 19.2. The van der Waals surface area contributed by atoms with E-state index in [0.717, 1.165) is 65.0 Å². The monoisotopic (exact) mass is 746 g/mol. The Morgan fingerprint density at radius 1 is 0.855 bits per heavy atom. The second-order valence-corrected chi connectivity index (χ2v) is 14.9. The largest absolute Gasteiger partial charge is 0.481 e. The molecule has 4 unspecified atom stereocenters. The molecular formula is C44H50N4O7. The Bertz CT molecular complexity index is 1950. The van der Waals surface area contributed by atoms with Crippen LogP contribution < -0.4 is 15.5 Å². The first-order valence-electron chi connectivity index (χ1n) is 19.2. The number of hydrogen-bond donors (Lipinski definition) is 4. The fourth-order valence-corrected chi connectivity index (χ4v) is 8.14. The van der Waals surface area contributed by atoms with Crippen LogP contribution in [0.15, 0.2) is 103 Å². The Hall–Kier alpha value is -5.07. The molecule has 0 bridgehead atoms. The number of carboxylic acid groups (broad SMARTS) is 1. The van der Waals surface area contributed by atoms with Gasteiger partial charge in [0.25, 0.3) is 0 Å². The number of rotatable bonds is 13. The fourth-order valence-electron chi connectivity index (χ4n) is 8.14. The summed E-state index contributed by atoms with van der Waals surface area (Å²) in [6.07, 6.45) is 0.825. The second kappa shape index (κ2) is 17.2. The Kier molecular flexibility index (Phi) is 11.9. The van der Waals surface area contributed by atoms with Crippen molar-refractivity contribution in [1.82, 2.24) is 15.5 Å². The number of likely N-dealkylation sites (tertiary alicyclic amines) is 1. The lowest BCUT2D eigenvalue weighted by atomic mass is 9.84. The number of aliphatic hydroxyl groups is 1. The van der Waals surface area contributed by atoms with E-state index in [0.29, 0.717) is 26.2 Å². The predicted molar refractivity (Wildman–Crippen MR) is 209 cm³/mol. The molecule has 4 aromatic rings. The van der Waals surface area contributed by atoms with Crippen molar-refractivity contribution in [2.75, 3.05) is 31.2 Å². The molecular weight excluding hydrogens is 697 g/mol. The van der Waals surface area contributed by atoms with Crippen molar-refractivity contribution in [3.63, 3.8) is 0 Å². The predicted octanol–water partition coefficient (Wildman–Crippen LogP) is 5.94. The van der Waals surface area contributed by atoms with Crippen molar-refractivity contribution in [3.8, 4) is 11.1 Å². The summed E-state index contributed by atoms with van der Waals surface area (Å²) in [7, 11) is 0. The van der Waals surface area contributed by atoms with Crippen LogP contribution >= 0.6 is 0 Å². The molecule has 0 saturated carbocycles. The minimum absolute atomic E-state index is 0.0157. The number of piperidine rings is 1. The number of aliphatic hydroxyl groups excluding tert-OH is 1. The van der Waals surface area contributed by atoms with Gasteiger partial charge in [0.15, 0.2) is 6.29 Å². The SMILES string of the molecule is CC1C(CN2CCC3(CC2)C(=O)NCN3c2ccccc2)OC(c2cccc(-c3cccc(CNC(=O)CCCC(=O)O)c3)c2)OC1c1ccc(CO)cc1. The molecule has 2 amide bonds. The molecule has 11 heteroatoms. The number of carbonyl (C=O) groups excluding carboxylic acids is 2. The van der Waals surface area contributed by atoms with Crippen LogP contribution in [0.25, 0.3) is 11.1 Å². The van der Waals surface area contributed by atoms with Crippen molar-refractivity contribution in [3.05, 3.63) is 125 Å². The zero-order valence-corrected chi connectivity index (χ0v) is 31.2. The van der Waals surface area contributed by atoms with Gasteiger partial charge in [-0.05, 0) is 71.3 Å². The van der Waals surface area contributed by atoms with Crippen molar-refractivity contribution >= 4 is 23.5 Å². The first-order chi connectivity index (χ1) is 26.7. The smallest absolute Gasteiger partial charge is 0.303 e. The lowest BCUT2D eigenvalue weighted by Crippen LogP contribution is -2.57. The zero-order chi connectivity index (χ0) is 38.4. The third-order valence-electron chi connectivity index (χ3n) is 11.4. The lowest BCUT2D eigenvalue weighted by molar-refractivity contribution is -0.276. The molecule has 3 aliphatic rings. The van der Waals surface area contributed by atoms with Crippen LogP contribution in [-0.4, -0.2) is 70.8 Å². The first kappa shape index (κ1) is 38.2. The number of nitrogens with zero attached hydrogens (tertiary/aromatic N) is 2. The number of anilines is 1. The van der Waals surface area contributed by atoms with Gasteiger partial charge in [-0.2, -0.15) is 0 Å². The van der Waals surface area contributed by atoms with Gasteiger partial charge in [-0.15, -0.1) is 0 Å². The van der Waals surface area contributed by atoms with Crippen LogP contribution in [0.1, 0.15) is 73.7 Å². The molecule has 7 rings (SSSR count). The highest BCUT2D eigenvalue weighted by atomic mass is 16.7. The van der Waals surface area contributed by atoms with E-state index in [-0.39, 0.29) is 49.4 Å². The summed E-state index contributed by atoms with van der Waals surface area (Å²) in [6.45, 7) is 5.22. The molecule has 3 heterocycles. The van der Waals surface area contributed by atoms with E-state index < -0.39 is 17.8 Å². The van der Waals surface area contributed by atoms with Gasteiger partial charge in [0.05, 0.1) is 25.5 Å². The van der Waals surface area contributed by atoms with Gasteiger partial charge in [-0.1, -0.05) is 85.8 Å². The number of carbonyl (C=O) groups is 3. The normalized spacial score (nSPS) is 22.4. The van der Waals surface area contributed by atoms with E-state index in [4.69, 9.17) is 14.6 Å². The van der Waals surface area contributed by atoms with Crippen molar-refractivity contribution in [2.24, 2.45) is 5.92 Å². The molecule has 0 aliphatic carbocycles. The second-order valence-electron chi connectivity index (χ2n) is 14.9. The number of hydrogen-bond acceptors (Lipinski definition) is 8. The van der Waals surface area contributed by atoms with E-state index in [1.165, 1.54) is 0 Å². The van der Waals surface area contributed by atoms with Crippen molar-refractivity contribution in [2.45, 2.75) is 76.2 Å². The van der Waals surface area contributed by atoms with Crippen molar-refractivity contribution < 1.29 is 34.1 Å². The summed E-state index contributed by atoms with van der Waals surface area (Å²) in [5.41, 5.74) is 6.15. The van der Waals surface area contributed by atoms with Crippen LogP contribution in [0.4, 0.5) is 5.69 Å². The lowest BCUT2D eigenvalue weighted by Gasteiger charge is -2.46. The van der Waals surface area contributed by atoms with Crippen LogP contribution in [0, 0.1) is 5.92 Å². The maximum Gasteiger partial charge on any atom is 0.303 e. The number of carboxylic acids is 1. The average Bonchev–Trinajstić information content (AvgIpc) is 3.53. The minimum Gasteiger partial charge on any atom is -0.481 e. The van der Waals surface area contributed by atoms with Crippen LogP contribution in [0.3, 0.4) is 0 Å². The number of benzene rings is 4. The highest BCUT2D eigenvalue weighted by Crippen LogP contribution is 2.43. The van der Waals surface area contributed by atoms with Crippen LogP contribution in [0.5, 0.6) is 0 Å². The third kappa shape index (κ3) is 8.76. The van der Waals surface area contributed by atoms with Gasteiger partial charge < -0.3 is 40.1 Å². The molecule has 3 aliphatic heterocycles. The van der Waals surface area contributed by atoms with Gasteiger partial charge in [-0.25, -0.2) is 0 Å². The van der Waals surface area contributed by atoms with Gasteiger partial charge in [0.1, 0.15) is 5.54 Å². The fraction of sp³-hybridized carbons (Fsp3) is 0.386. The Balaban J connectivity index is 1.07. The topological polar surface area (TPSA) is 141 Å². The van der Waals surface area contributed by atoms with E-state index in [9.17, 15) is 19.5 Å². The van der Waals surface area contributed by atoms with Gasteiger partial charge in [0, 0.05) is 56.2 Å².